The zero-order valence-electron chi connectivity index (χ0n) is 20.8. The van der Waals surface area contributed by atoms with E-state index in [1.807, 2.05) is 30.8 Å². The van der Waals surface area contributed by atoms with Crippen LogP contribution in [0.25, 0.3) is 5.82 Å². The number of rotatable bonds is 5. The second-order valence-corrected chi connectivity index (χ2v) is 12.0. The Hall–Kier alpha value is -2.27. The Bertz CT molecular complexity index is 1330. The zero-order valence-corrected chi connectivity index (χ0v) is 22.4. The summed E-state index contributed by atoms with van der Waals surface area (Å²) in [6.07, 6.45) is 10.5. The van der Waals surface area contributed by atoms with E-state index in [1.165, 1.54) is 17.8 Å². The molecule has 3 aliphatic heterocycles. The Morgan fingerprint density at radius 2 is 1.95 bits per heavy atom. The number of ether oxygens (including phenoxy) is 1. The van der Waals surface area contributed by atoms with Crippen LogP contribution in [0.4, 0.5) is 8.78 Å². The number of nitrogens with zero attached hydrogens (tertiary/aromatic N) is 6. The van der Waals surface area contributed by atoms with Crippen LogP contribution in [0.15, 0.2) is 47.4 Å². The maximum absolute atomic E-state index is 14.5. The van der Waals surface area contributed by atoms with Gasteiger partial charge in [-0.3, -0.25) is 4.90 Å². The third-order valence-electron chi connectivity index (χ3n) is 7.88. The van der Waals surface area contributed by atoms with Crippen LogP contribution >= 0.6 is 23.4 Å². The first-order valence-corrected chi connectivity index (χ1v) is 13.8. The first-order chi connectivity index (χ1) is 17.7. The fourth-order valence-corrected chi connectivity index (χ4v) is 7.53. The lowest BCUT2D eigenvalue weighted by Crippen LogP contribution is -2.61. The quantitative estimate of drug-likeness (QED) is 0.452. The normalized spacial score (nSPS) is 24.8. The molecule has 0 radical (unpaired) electrons. The van der Waals surface area contributed by atoms with Crippen molar-refractivity contribution in [3.63, 3.8) is 0 Å². The molecular formula is C26H29ClF2N6OS. The first kappa shape index (κ1) is 25.0. The minimum atomic E-state index is -2.87. The molecule has 3 aromatic heterocycles. The van der Waals surface area contributed by atoms with Crippen molar-refractivity contribution in [2.75, 3.05) is 19.7 Å². The number of imidazole rings is 1. The number of thioether (sulfide) groups is 1. The van der Waals surface area contributed by atoms with Crippen LogP contribution in [0.1, 0.15) is 35.5 Å². The number of likely N-dealkylation sites (tertiary alicyclic amines) is 1. The molecule has 7 nitrogen and oxygen atoms in total. The zero-order chi connectivity index (χ0) is 25.8. The number of hydrogen-bond acceptors (Lipinski definition) is 6. The van der Waals surface area contributed by atoms with Crippen LogP contribution in [0.3, 0.4) is 0 Å². The van der Waals surface area contributed by atoms with E-state index in [1.54, 1.807) is 12.4 Å². The molecule has 3 aromatic rings. The number of allylic oxidation sites excluding steroid dienone is 1. The number of fused-ring (bicyclic) bond motifs is 2. The number of hydrogen-bond donors (Lipinski definition) is 0. The summed E-state index contributed by atoms with van der Waals surface area (Å²) in [4.78, 5) is 11.3. The second kappa shape index (κ2) is 9.48. The number of piperidine rings is 1. The average Bonchev–Trinajstić information content (AvgIpc) is 3.58. The predicted octanol–water partition coefficient (Wildman–Crippen LogP) is 4.94. The third kappa shape index (κ3) is 4.62. The van der Waals surface area contributed by atoms with Crippen molar-refractivity contribution < 1.29 is 13.5 Å². The lowest BCUT2D eigenvalue weighted by Gasteiger charge is -2.51. The van der Waals surface area contributed by atoms with E-state index < -0.39 is 24.0 Å². The van der Waals surface area contributed by atoms with Gasteiger partial charge in [-0.15, -0.1) is 11.8 Å². The number of pyridine rings is 1. The maximum Gasteiger partial charge on any atom is 0.278 e. The van der Waals surface area contributed by atoms with Gasteiger partial charge in [0, 0.05) is 55.5 Å². The van der Waals surface area contributed by atoms with E-state index in [0.29, 0.717) is 23.8 Å². The van der Waals surface area contributed by atoms with Gasteiger partial charge in [0.2, 0.25) is 0 Å². The molecule has 0 saturated carbocycles. The predicted molar refractivity (Wildman–Crippen MR) is 139 cm³/mol. The molecule has 11 heteroatoms. The van der Waals surface area contributed by atoms with Gasteiger partial charge in [-0.1, -0.05) is 17.7 Å². The smallest absolute Gasteiger partial charge is 0.278 e. The van der Waals surface area contributed by atoms with Crippen molar-refractivity contribution in [3.8, 4) is 5.82 Å². The van der Waals surface area contributed by atoms with Crippen LogP contribution in [0, 0.1) is 19.8 Å². The highest BCUT2D eigenvalue weighted by atomic mass is 35.5. The van der Waals surface area contributed by atoms with Crippen molar-refractivity contribution in [2.45, 2.75) is 56.6 Å². The Morgan fingerprint density at radius 3 is 2.70 bits per heavy atom. The standard InChI is InChI=1S/C26H29ClF2N6OS/c1-17-20(15-35(32-17)24-19(4-3-7-31-24)14-34-11-8-30-18(34)2)13-33-9-5-25(6-10-33)23-21(12-22(27)37-23)26(28,29)16-36-25/h3-4,7-8,11-12,15,21,23H,5-6,9-10,13-14,16H2,1-2H3. The molecule has 2 saturated heterocycles. The van der Waals surface area contributed by atoms with Gasteiger partial charge in [-0.25, -0.2) is 23.4 Å². The summed E-state index contributed by atoms with van der Waals surface area (Å²) in [5.74, 6) is -1.98. The number of aryl methyl sites for hydroxylation is 2. The monoisotopic (exact) mass is 546 g/mol. The topological polar surface area (TPSA) is 61.0 Å². The minimum Gasteiger partial charge on any atom is -0.367 e. The van der Waals surface area contributed by atoms with E-state index in [2.05, 4.69) is 31.7 Å². The molecule has 0 bridgehead atoms. The van der Waals surface area contributed by atoms with E-state index >= 15 is 0 Å². The molecule has 0 amide bonds. The van der Waals surface area contributed by atoms with Gasteiger partial charge in [-0.2, -0.15) is 5.10 Å². The first-order valence-electron chi connectivity index (χ1n) is 12.5. The molecule has 1 spiro atoms. The molecule has 0 aromatic carbocycles. The van der Waals surface area contributed by atoms with Gasteiger partial charge >= 0.3 is 0 Å². The van der Waals surface area contributed by atoms with Gasteiger partial charge in [0.25, 0.3) is 5.92 Å². The molecular weight excluding hydrogens is 518 g/mol. The Labute approximate surface area is 223 Å². The van der Waals surface area contributed by atoms with Gasteiger partial charge < -0.3 is 9.30 Å². The van der Waals surface area contributed by atoms with Crippen molar-refractivity contribution in [1.82, 2.24) is 29.2 Å². The SMILES string of the molecule is Cc1nn(-c2ncccc2Cn2ccnc2C)cc1CN1CCC2(CC1)OCC(F)(F)C1C=C(Cl)SC12. The molecule has 37 heavy (non-hydrogen) atoms. The number of halogens is 3. The molecule has 2 unspecified atom stereocenters. The van der Waals surface area contributed by atoms with Crippen LogP contribution in [0.5, 0.6) is 0 Å². The molecule has 2 fully saturated rings. The maximum atomic E-state index is 14.5. The fourth-order valence-electron chi connectivity index (χ4n) is 5.69. The molecule has 3 aliphatic rings. The summed E-state index contributed by atoms with van der Waals surface area (Å²) in [6.45, 7) is 6.40. The number of alkyl halides is 2. The molecule has 0 N–H and O–H groups in total. The third-order valence-corrected chi connectivity index (χ3v) is 9.61. The van der Waals surface area contributed by atoms with Crippen molar-refractivity contribution >= 4 is 23.4 Å². The lowest BCUT2D eigenvalue weighted by atomic mass is 9.77. The van der Waals surface area contributed by atoms with Crippen molar-refractivity contribution in [3.05, 3.63) is 70.0 Å². The second-order valence-electron chi connectivity index (χ2n) is 10.2. The van der Waals surface area contributed by atoms with E-state index in [4.69, 9.17) is 21.4 Å². The van der Waals surface area contributed by atoms with Crippen LogP contribution in [0.2, 0.25) is 0 Å². The summed E-state index contributed by atoms with van der Waals surface area (Å²) in [5.41, 5.74) is 2.57. The van der Waals surface area contributed by atoms with Crippen molar-refractivity contribution in [1.29, 1.82) is 0 Å². The molecule has 2 atom stereocenters. The molecule has 6 rings (SSSR count). The lowest BCUT2D eigenvalue weighted by molar-refractivity contribution is -0.215. The number of aromatic nitrogens is 5. The van der Waals surface area contributed by atoms with Gasteiger partial charge in [0.1, 0.15) is 12.4 Å². The highest BCUT2D eigenvalue weighted by Crippen LogP contribution is 2.56. The van der Waals surface area contributed by atoms with Crippen LogP contribution in [-0.4, -0.2) is 65.7 Å². The van der Waals surface area contributed by atoms with E-state index in [-0.39, 0.29) is 5.25 Å². The summed E-state index contributed by atoms with van der Waals surface area (Å²) < 4.78 is 39.3. The Balaban J connectivity index is 1.15. The molecule has 6 heterocycles. The summed E-state index contributed by atoms with van der Waals surface area (Å²) in [7, 11) is 0. The van der Waals surface area contributed by atoms with E-state index in [0.717, 1.165) is 48.1 Å². The van der Waals surface area contributed by atoms with Gasteiger partial charge in [-0.05, 0) is 38.8 Å². The fraction of sp³-hybridized carbons (Fsp3) is 0.500. The highest BCUT2D eigenvalue weighted by Gasteiger charge is 2.60. The van der Waals surface area contributed by atoms with Gasteiger partial charge in [0.05, 0.1) is 33.4 Å². The Kier molecular flexibility index (Phi) is 6.42. The Morgan fingerprint density at radius 1 is 1.14 bits per heavy atom. The highest BCUT2D eigenvalue weighted by molar-refractivity contribution is 8.05. The molecule has 196 valence electrons. The van der Waals surface area contributed by atoms with Crippen LogP contribution < -0.4 is 0 Å². The van der Waals surface area contributed by atoms with Gasteiger partial charge in [0.15, 0.2) is 5.82 Å². The van der Waals surface area contributed by atoms with Crippen LogP contribution in [-0.2, 0) is 17.8 Å². The largest absolute Gasteiger partial charge is 0.367 e. The minimum absolute atomic E-state index is 0.336. The summed E-state index contributed by atoms with van der Waals surface area (Å²) >= 11 is 7.53. The molecule has 0 aliphatic carbocycles. The average molecular weight is 547 g/mol. The van der Waals surface area contributed by atoms with E-state index in [9.17, 15) is 8.78 Å². The summed E-state index contributed by atoms with van der Waals surface area (Å²) in [6, 6.07) is 4.00. The summed E-state index contributed by atoms with van der Waals surface area (Å²) in [5, 5.41) is 4.44. The van der Waals surface area contributed by atoms with Crippen molar-refractivity contribution in [2.24, 2.45) is 5.92 Å².